The summed E-state index contributed by atoms with van der Waals surface area (Å²) in [6.45, 7) is 1.56. The summed E-state index contributed by atoms with van der Waals surface area (Å²) in [6.07, 6.45) is 0. The highest BCUT2D eigenvalue weighted by Crippen LogP contribution is 1.97. The minimum absolute atomic E-state index is 0.121. The molecule has 0 amide bonds. The molecule has 1 rings (SSSR count). The minimum atomic E-state index is 0.121. The van der Waals surface area contributed by atoms with E-state index in [0.717, 1.165) is 5.56 Å². The Bertz CT molecular complexity index is 219. The highest BCUT2D eigenvalue weighted by atomic mass is 16.1. The van der Waals surface area contributed by atoms with E-state index in [1.165, 1.54) is 0 Å². The van der Waals surface area contributed by atoms with Gasteiger partial charge in [0.25, 0.3) is 0 Å². The summed E-state index contributed by atoms with van der Waals surface area (Å²) in [5, 5.41) is 2.75. The topological polar surface area (TPSA) is 29.1 Å². The van der Waals surface area contributed by atoms with E-state index in [1.807, 2.05) is 44.4 Å². The van der Waals surface area contributed by atoms with Crippen LogP contribution in [0.4, 0.5) is 0 Å². The molecule has 0 aliphatic heterocycles. The lowest BCUT2D eigenvalue weighted by Crippen LogP contribution is -1.89. The Labute approximate surface area is 73.6 Å². The maximum atomic E-state index is 10.6. The summed E-state index contributed by atoms with van der Waals surface area (Å²) in [4.78, 5) is 10.6. The Morgan fingerprint density at radius 1 is 1.17 bits per heavy atom. The van der Waals surface area contributed by atoms with Crippen LogP contribution in [0.5, 0.6) is 0 Å². The van der Waals surface area contributed by atoms with Crippen LogP contribution in [-0.2, 0) is 0 Å². The van der Waals surface area contributed by atoms with E-state index >= 15 is 0 Å². The van der Waals surface area contributed by atoms with Gasteiger partial charge in [0.2, 0.25) is 0 Å². The van der Waals surface area contributed by atoms with Gasteiger partial charge in [0.05, 0.1) is 0 Å². The van der Waals surface area contributed by atoms with E-state index in [-0.39, 0.29) is 5.78 Å². The predicted octanol–water partition coefficient (Wildman–Crippen LogP) is 1.72. The molecule has 2 nitrogen and oxygen atoms in total. The van der Waals surface area contributed by atoms with Crippen molar-refractivity contribution >= 4 is 5.78 Å². The van der Waals surface area contributed by atoms with E-state index in [2.05, 4.69) is 5.32 Å². The number of carbonyl (C=O) groups is 1. The van der Waals surface area contributed by atoms with Crippen molar-refractivity contribution in [3.05, 3.63) is 35.9 Å². The van der Waals surface area contributed by atoms with Gasteiger partial charge in [-0.2, -0.15) is 0 Å². The Morgan fingerprint density at radius 3 is 1.83 bits per heavy atom. The minimum Gasteiger partial charge on any atom is -0.323 e. The van der Waals surface area contributed by atoms with Crippen molar-refractivity contribution in [2.45, 2.75) is 6.92 Å². The molecule has 1 N–H and O–H groups in total. The first-order chi connectivity index (χ1) is 5.72. The molecule has 0 aromatic heterocycles. The van der Waals surface area contributed by atoms with Crippen molar-refractivity contribution in [1.82, 2.24) is 5.32 Å². The molecule has 0 atom stereocenters. The standard InChI is InChI=1S/C8H8O.C2H7N/c1-7(9)8-5-3-2-4-6-8;1-3-2/h2-6H,1H3;3H,1-2H3. The van der Waals surface area contributed by atoms with Crippen molar-refractivity contribution in [2.75, 3.05) is 14.1 Å². The van der Waals surface area contributed by atoms with E-state index < -0.39 is 0 Å². The molecule has 0 bridgehead atoms. The third-order valence-corrected chi connectivity index (χ3v) is 1.18. The molecular weight excluding hydrogens is 150 g/mol. The smallest absolute Gasteiger partial charge is 0.159 e. The van der Waals surface area contributed by atoms with Crippen LogP contribution in [0.1, 0.15) is 17.3 Å². The van der Waals surface area contributed by atoms with E-state index in [1.54, 1.807) is 6.92 Å². The molecule has 2 heteroatoms. The monoisotopic (exact) mass is 165 g/mol. The molecule has 0 spiro atoms. The molecule has 1 aromatic rings. The maximum absolute atomic E-state index is 10.6. The largest absolute Gasteiger partial charge is 0.323 e. The summed E-state index contributed by atoms with van der Waals surface area (Å²) >= 11 is 0. The van der Waals surface area contributed by atoms with Crippen molar-refractivity contribution in [2.24, 2.45) is 0 Å². The number of hydrogen-bond acceptors (Lipinski definition) is 2. The Kier molecular flexibility index (Phi) is 5.93. The van der Waals surface area contributed by atoms with Crippen LogP contribution in [0.2, 0.25) is 0 Å². The fourth-order valence-electron chi connectivity index (χ4n) is 0.673. The van der Waals surface area contributed by atoms with Crippen molar-refractivity contribution < 1.29 is 4.79 Å². The number of rotatable bonds is 1. The molecule has 0 unspecified atom stereocenters. The second-order valence-corrected chi connectivity index (χ2v) is 2.42. The first kappa shape index (κ1) is 10.8. The van der Waals surface area contributed by atoms with Crippen LogP contribution in [0, 0.1) is 0 Å². The molecule has 0 saturated heterocycles. The van der Waals surface area contributed by atoms with Gasteiger partial charge in [0.1, 0.15) is 0 Å². The van der Waals surface area contributed by atoms with E-state index in [0.29, 0.717) is 0 Å². The molecule has 0 aliphatic rings. The lowest BCUT2D eigenvalue weighted by molar-refractivity contribution is 0.101. The number of hydrogen-bond donors (Lipinski definition) is 1. The van der Waals surface area contributed by atoms with Gasteiger partial charge >= 0.3 is 0 Å². The van der Waals surface area contributed by atoms with Gasteiger partial charge in [-0.15, -0.1) is 0 Å². The fraction of sp³-hybridized carbons (Fsp3) is 0.300. The summed E-state index contributed by atoms with van der Waals surface area (Å²) in [5.41, 5.74) is 0.775. The summed E-state index contributed by atoms with van der Waals surface area (Å²) < 4.78 is 0. The third-order valence-electron chi connectivity index (χ3n) is 1.18. The van der Waals surface area contributed by atoms with Gasteiger partial charge in [0.15, 0.2) is 5.78 Å². The fourth-order valence-corrected chi connectivity index (χ4v) is 0.673. The number of nitrogens with one attached hydrogen (secondary N) is 1. The van der Waals surface area contributed by atoms with Crippen molar-refractivity contribution in [1.29, 1.82) is 0 Å². The van der Waals surface area contributed by atoms with Crippen molar-refractivity contribution in [3.63, 3.8) is 0 Å². The van der Waals surface area contributed by atoms with Gasteiger partial charge < -0.3 is 5.32 Å². The van der Waals surface area contributed by atoms with Crippen LogP contribution in [-0.4, -0.2) is 19.9 Å². The Morgan fingerprint density at radius 2 is 1.58 bits per heavy atom. The SMILES string of the molecule is CC(=O)c1ccccc1.CNC. The van der Waals surface area contributed by atoms with E-state index in [4.69, 9.17) is 0 Å². The summed E-state index contributed by atoms with van der Waals surface area (Å²) in [5.74, 6) is 0.121. The van der Waals surface area contributed by atoms with Crippen LogP contribution >= 0.6 is 0 Å². The van der Waals surface area contributed by atoms with Gasteiger partial charge in [-0.25, -0.2) is 0 Å². The van der Waals surface area contributed by atoms with Gasteiger partial charge in [0, 0.05) is 5.56 Å². The molecule has 0 aliphatic carbocycles. The van der Waals surface area contributed by atoms with Crippen LogP contribution in [0.25, 0.3) is 0 Å². The first-order valence-electron chi connectivity index (χ1n) is 3.86. The highest BCUT2D eigenvalue weighted by Gasteiger charge is 1.92. The molecule has 0 saturated carbocycles. The average molecular weight is 165 g/mol. The maximum Gasteiger partial charge on any atom is 0.159 e. The molecular formula is C10H15NO. The molecule has 66 valence electrons. The zero-order chi connectivity index (χ0) is 9.40. The predicted molar refractivity (Wildman–Crippen MR) is 51.4 cm³/mol. The lowest BCUT2D eigenvalue weighted by atomic mass is 10.2. The highest BCUT2D eigenvalue weighted by molar-refractivity contribution is 5.93. The third kappa shape index (κ3) is 4.63. The lowest BCUT2D eigenvalue weighted by Gasteiger charge is -1.89. The van der Waals surface area contributed by atoms with Crippen LogP contribution in [0.15, 0.2) is 30.3 Å². The second-order valence-electron chi connectivity index (χ2n) is 2.42. The molecule has 0 radical (unpaired) electrons. The van der Waals surface area contributed by atoms with E-state index in [9.17, 15) is 4.79 Å². The van der Waals surface area contributed by atoms with Gasteiger partial charge in [-0.05, 0) is 21.0 Å². The normalized spacial score (nSPS) is 8.25. The van der Waals surface area contributed by atoms with Crippen LogP contribution in [0.3, 0.4) is 0 Å². The second kappa shape index (κ2) is 6.55. The zero-order valence-corrected chi connectivity index (χ0v) is 7.79. The van der Waals surface area contributed by atoms with Crippen molar-refractivity contribution in [3.8, 4) is 0 Å². The molecule has 1 aromatic carbocycles. The van der Waals surface area contributed by atoms with Gasteiger partial charge in [-0.3, -0.25) is 4.79 Å². The first-order valence-corrected chi connectivity index (χ1v) is 3.86. The quantitative estimate of drug-likeness (QED) is 0.642. The Hall–Kier alpha value is -1.15. The Balaban J connectivity index is 0.000000354. The summed E-state index contributed by atoms with van der Waals surface area (Å²) in [7, 11) is 3.75. The summed E-state index contributed by atoms with van der Waals surface area (Å²) in [6, 6.07) is 9.23. The number of benzene rings is 1. The molecule has 0 fully saturated rings. The van der Waals surface area contributed by atoms with Gasteiger partial charge in [-0.1, -0.05) is 30.3 Å². The average Bonchev–Trinajstić information content (AvgIpc) is 2.07. The zero-order valence-electron chi connectivity index (χ0n) is 7.79. The number of ketones is 1. The van der Waals surface area contributed by atoms with Crippen LogP contribution < -0.4 is 5.32 Å². The number of carbonyl (C=O) groups excluding carboxylic acids is 1. The molecule has 0 heterocycles. The number of Topliss-reactive ketones (excluding diaryl/α,β-unsaturated/α-hetero) is 1. The molecule has 12 heavy (non-hydrogen) atoms.